The van der Waals surface area contributed by atoms with Crippen LogP contribution in [0.5, 0.6) is 0 Å². The number of nitrogens with one attached hydrogen (secondary N) is 1. The standard InChI is InChI=1S/C15H21N5/c1-12-13(10-16-2)11-18-15(19-12)20(3)9-7-14-6-4-5-8-17-14/h4-6,8,11,16H,7,9-10H2,1-3H3. The van der Waals surface area contributed by atoms with Crippen LogP contribution in [0.4, 0.5) is 5.95 Å². The van der Waals surface area contributed by atoms with Crippen molar-refractivity contribution in [2.45, 2.75) is 19.9 Å². The maximum atomic E-state index is 4.56. The molecule has 0 aliphatic heterocycles. The molecule has 2 rings (SSSR count). The van der Waals surface area contributed by atoms with Crippen molar-refractivity contribution in [1.82, 2.24) is 20.3 Å². The number of anilines is 1. The molecular formula is C15H21N5. The van der Waals surface area contributed by atoms with Crippen molar-refractivity contribution in [3.8, 4) is 0 Å². The third-order valence-corrected chi connectivity index (χ3v) is 3.21. The first kappa shape index (κ1) is 14.4. The van der Waals surface area contributed by atoms with E-state index in [2.05, 4.69) is 25.2 Å². The minimum absolute atomic E-state index is 0.762. The quantitative estimate of drug-likeness (QED) is 0.864. The monoisotopic (exact) mass is 271 g/mol. The van der Waals surface area contributed by atoms with E-state index in [1.807, 2.05) is 51.6 Å². The van der Waals surface area contributed by atoms with Crippen LogP contribution < -0.4 is 10.2 Å². The van der Waals surface area contributed by atoms with Gasteiger partial charge in [0.2, 0.25) is 5.95 Å². The number of hydrogen-bond donors (Lipinski definition) is 1. The van der Waals surface area contributed by atoms with Gasteiger partial charge in [-0.3, -0.25) is 4.98 Å². The fourth-order valence-electron chi connectivity index (χ4n) is 1.96. The summed E-state index contributed by atoms with van der Waals surface area (Å²) in [5.74, 6) is 0.762. The molecule has 2 aromatic rings. The van der Waals surface area contributed by atoms with E-state index in [0.29, 0.717) is 0 Å². The van der Waals surface area contributed by atoms with Crippen LogP contribution >= 0.6 is 0 Å². The highest BCUT2D eigenvalue weighted by molar-refractivity contribution is 5.32. The molecule has 0 unspecified atom stereocenters. The van der Waals surface area contributed by atoms with Gasteiger partial charge in [-0.2, -0.15) is 0 Å². The zero-order valence-corrected chi connectivity index (χ0v) is 12.3. The Kier molecular flexibility index (Phi) is 5.01. The summed E-state index contributed by atoms with van der Waals surface area (Å²) < 4.78 is 0. The molecule has 0 bridgehead atoms. The van der Waals surface area contributed by atoms with Gasteiger partial charge in [-0.15, -0.1) is 0 Å². The van der Waals surface area contributed by atoms with Crippen molar-refractivity contribution in [3.05, 3.63) is 47.5 Å². The van der Waals surface area contributed by atoms with Crippen LogP contribution in [0.25, 0.3) is 0 Å². The second-order valence-corrected chi connectivity index (χ2v) is 4.80. The molecule has 0 saturated heterocycles. The molecule has 0 aromatic carbocycles. The first-order valence-electron chi connectivity index (χ1n) is 6.79. The van der Waals surface area contributed by atoms with Gasteiger partial charge in [-0.1, -0.05) is 6.07 Å². The fourth-order valence-corrected chi connectivity index (χ4v) is 1.96. The molecule has 5 nitrogen and oxygen atoms in total. The molecular weight excluding hydrogens is 250 g/mol. The molecule has 0 amide bonds. The van der Waals surface area contributed by atoms with E-state index >= 15 is 0 Å². The third-order valence-electron chi connectivity index (χ3n) is 3.21. The van der Waals surface area contributed by atoms with E-state index in [0.717, 1.165) is 42.4 Å². The zero-order chi connectivity index (χ0) is 14.4. The number of hydrogen-bond acceptors (Lipinski definition) is 5. The Balaban J connectivity index is 1.98. The summed E-state index contributed by atoms with van der Waals surface area (Å²) in [4.78, 5) is 15.4. The predicted molar refractivity (Wildman–Crippen MR) is 80.7 cm³/mol. The molecule has 0 fully saturated rings. The van der Waals surface area contributed by atoms with Gasteiger partial charge in [0.1, 0.15) is 0 Å². The van der Waals surface area contributed by atoms with Crippen LogP contribution in [0, 0.1) is 6.92 Å². The van der Waals surface area contributed by atoms with Gasteiger partial charge in [0.25, 0.3) is 0 Å². The van der Waals surface area contributed by atoms with Crippen LogP contribution in [0.2, 0.25) is 0 Å². The molecule has 0 aliphatic rings. The lowest BCUT2D eigenvalue weighted by Gasteiger charge is -2.17. The summed E-state index contributed by atoms with van der Waals surface area (Å²) in [7, 11) is 3.93. The summed E-state index contributed by atoms with van der Waals surface area (Å²) >= 11 is 0. The fraction of sp³-hybridized carbons (Fsp3) is 0.400. The van der Waals surface area contributed by atoms with Crippen LogP contribution in [-0.2, 0) is 13.0 Å². The van der Waals surface area contributed by atoms with Gasteiger partial charge in [0.15, 0.2) is 0 Å². The number of nitrogens with zero attached hydrogens (tertiary/aromatic N) is 4. The van der Waals surface area contributed by atoms with E-state index in [1.165, 1.54) is 0 Å². The highest BCUT2D eigenvalue weighted by Crippen LogP contribution is 2.10. The third kappa shape index (κ3) is 3.74. The van der Waals surface area contributed by atoms with Crippen LogP contribution in [0.1, 0.15) is 17.0 Å². The van der Waals surface area contributed by atoms with E-state index < -0.39 is 0 Å². The minimum Gasteiger partial charge on any atom is -0.343 e. The van der Waals surface area contributed by atoms with Gasteiger partial charge in [-0.05, 0) is 26.1 Å². The van der Waals surface area contributed by atoms with Gasteiger partial charge >= 0.3 is 0 Å². The Morgan fingerprint density at radius 3 is 2.75 bits per heavy atom. The van der Waals surface area contributed by atoms with E-state index in [4.69, 9.17) is 0 Å². The van der Waals surface area contributed by atoms with Crippen molar-refractivity contribution in [2.75, 3.05) is 25.5 Å². The average molecular weight is 271 g/mol. The van der Waals surface area contributed by atoms with Crippen molar-refractivity contribution in [3.63, 3.8) is 0 Å². The summed E-state index contributed by atoms with van der Waals surface area (Å²) in [6.07, 6.45) is 4.60. The Bertz CT molecular complexity index is 541. The van der Waals surface area contributed by atoms with Crippen molar-refractivity contribution in [2.24, 2.45) is 0 Å². The second-order valence-electron chi connectivity index (χ2n) is 4.80. The molecule has 0 radical (unpaired) electrons. The van der Waals surface area contributed by atoms with Crippen LogP contribution in [0.3, 0.4) is 0 Å². The summed E-state index contributed by atoms with van der Waals surface area (Å²) in [5.41, 5.74) is 3.24. The molecule has 2 heterocycles. The zero-order valence-electron chi connectivity index (χ0n) is 12.3. The number of pyridine rings is 1. The largest absolute Gasteiger partial charge is 0.343 e. The average Bonchev–Trinajstić information content (AvgIpc) is 2.48. The molecule has 5 heteroatoms. The Morgan fingerprint density at radius 1 is 1.25 bits per heavy atom. The number of aromatic nitrogens is 3. The first-order valence-corrected chi connectivity index (χ1v) is 6.79. The summed E-state index contributed by atoms with van der Waals surface area (Å²) in [6, 6.07) is 5.98. The molecule has 2 aromatic heterocycles. The van der Waals surface area contributed by atoms with E-state index in [-0.39, 0.29) is 0 Å². The Hall–Kier alpha value is -2.01. The van der Waals surface area contributed by atoms with Gasteiger partial charge in [-0.25, -0.2) is 9.97 Å². The van der Waals surface area contributed by atoms with Crippen molar-refractivity contribution in [1.29, 1.82) is 0 Å². The normalized spacial score (nSPS) is 10.6. The SMILES string of the molecule is CNCc1cnc(N(C)CCc2ccccn2)nc1C. The molecule has 106 valence electrons. The Morgan fingerprint density at radius 2 is 2.10 bits per heavy atom. The highest BCUT2D eigenvalue weighted by Gasteiger charge is 2.07. The maximum Gasteiger partial charge on any atom is 0.225 e. The number of aryl methyl sites for hydroxylation is 1. The Labute approximate surface area is 120 Å². The van der Waals surface area contributed by atoms with E-state index in [9.17, 15) is 0 Å². The van der Waals surface area contributed by atoms with Crippen LogP contribution in [0.15, 0.2) is 30.6 Å². The lowest BCUT2D eigenvalue weighted by molar-refractivity contribution is 0.779. The molecule has 0 atom stereocenters. The van der Waals surface area contributed by atoms with Gasteiger partial charge in [0, 0.05) is 55.9 Å². The lowest BCUT2D eigenvalue weighted by Crippen LogP contribution is -2.23. The van der Waals surface area contributed by atoms with E-state index in [1.54, 1.807) is 0 Å². The summed E-state index contributed by atoms with van der Waals surface area (Å²) in [5, 5.41) is 3.12. The van der Waals surface area contributed by atoms with Crippen LogP contribution in [-0.4, -0.2) is 35.6 Å². The smallest absolute Gasteiger partial charge is 0.225 e. The summed E-state index contributed by atoms with van der Waals surface area (Å²) in [6.45, 7) is 3.66. The molecule has 1 N–H and O–H groups in total. The number of likely N-dealkylation sites (N-methyl/N-ethyl adjacent to an activating group) is 1. The minimum atomic E-state index is 0.762. The topological polar surface area (TPSA) is 53.9 Å². The van der Waals surface area contributed by atoms with Gasteiger partial charge < -0.3 is 10.2 Å². The molecule has 0 aliphatic carbocycles. The van der Waals surface area contributed by atoms with Crippen molar-refractivity contribution >= 4 is 5.95 Å². The molecule has 0 spiro atoms. The molecule has 20 heavy (non-hydrogen) atoms. The van der Waals surface area contributed by atoms with Crippen molar-refractivity contribution < 1.29 is 0 Å². The van der Waals surface area contributed by atoms with Gasteiger partial charge in [0.05, 0.1) is 0 Å². The maximum absolute atomic E-state index is 4.56. The lowest BCUT2D eigenvalue weighted by atomic mass is 10.2. The molecule has 0 saturated carbocycles. The number of rotatable bonds is 6. The first-order chi connectivity index (χ1) is 9.70. The second kappa shape index (κ2) is 6.96. The predicted octanol–water partition coefficient (Wildman–Crippen LogP) is 1.58. The highest BCUT2D eigenvalue weighted by atomic mass is 15.2.